The summed E-state index contributed by atoms with van der Waals surface area (Å²) < 4.78 is 10.6. The van der Waals surface area contributed by atoms with Gasteiger partial charge in [-0.15, -0.1) is 0 Å². The van der Waals surface area contributed by atoms with Crippen molar-refractivity contribution in [3.63, 3.8) is 0 Å². The zero-order valence-electron chi connectivity index (χ0n) is 20.4. The van der Waals surface area contributed by atoms with Gasteiger partial charge in [0.15, 0.2) is 10.2 Å². The van der Waals surface area contributed by atoms with Crippen LogP contribution in [0.1, 0.15) is 26.7 Å². The maximum Gasteiger partial charge on any atom is 0.309 e. The van der Waals surface area contributed by atoms with E-state index in [-0.39, 0.29) is 25.3 Å². The van der Waals surface area contributed by atoms with Crippen LogP contribution < -0.4 is 21.3 Å². The minimum absolute atomic E-state index is 0.226. The van der Waals surface area contributed by atoms with E-state index in [4.69, 9.17) is 33.9 Å². The second-order valence-electron chi connectivity index (χ2n) is 8.33. The quantitative estimate of drug-likeness (QED) is 0.299. The Bertz CT molecular complexity index is 955. The van der Waals surface area contributed by atoms with E-state index >= 15 is 0 Å². The van der Waals surface area contributed by atoms with Crippen LogP contribution in [-0.2, 0) is 19.1 Å². The summed E-state index contributed by atoms with van der Waals surface area (Å²) in [5.74, 6) is -2.19. The minimum Gasteiger partial charge on any atom is -0.466 e. The first-order valence-electron chi connectivity index (χ1n) is 12.0. The summed E-state index contributed by atoms with van der Waals surface area (Å²) in [6.45, 7) is 3.94. The SMILES string of the molecule is CCOC(=O)[C@H]1C[C@H](NC(=S)Nc2ccccc2)[C@@H](NC(=S)Nc2ccccc2)C[C@@H]1C(=O)OCC. The van der Waals surface area contributed by atoms with E-state index in [1.807, 2.05) is 60.7 Å². The third-order valence-electron chi connectivity index (χ3n) is 5.86. The van der Waals surface area contributed by atoms with Gasteiger partial charge in [-0.1, -0.05) is 36.4 Å². The predicted molar refractivity (Wildman–Crippen MR) is 149 cm³/mol. The van der Waals surface area contributed by atoms with Crippen LogP contribution in [0.4, 0.5) is 11.4 Å². The van der Waals surface area contributed by atoms with Crippen LogP contribution in [0.15, 0.2) is 60.7 Å². The molecule has 2 aromatic carbocycles. The number of para-hydroxylation sites is 2. The second-order valence-corrected chi connectivity index (χ2v) is 9.15. The Morgan fingerprint density at radius 1 is 0.722 bits per heavy atom. The van der Waals surface area contributed by atoms with E-state index in [2.05, 4.69) is 21.3 Å². The minimum atomic E-state index is -0.672. The monoisotopic (exact) mass is 528 g/mol. The number of ether oxygens (including phenoxy) is 2. The Balaban J connectivity index is 1.80. The van der Waals surface area contributed by atoms with Crippen LogP contribution in [0.5, 0.6) is 0 Å². The van der Waals surface area contributed by atoms with Crippen LogP contribution in [0.3, 0.4) is 0 Å². The van der Waals surface area contributed by atoms with Crippen molar-refractivity contribution < 1.29 is 19.1 Å². The highest BCUT2D eigenvalue weighted by Gasteiger charge is 2.46. The van der Waals surface area contributed by atoms with Crippen molar-refractivity contribution in [2.24, 2.45) is 11.8 Å². The van der Waals surface area contributed by atoms with E-state index in [0.717, 1.165) is 11.4 Å². The van der Waals surface area contributed by atoms with Gasteiger partial charge in [-0.3, -0.25) is 9.59 Å². The molecule has 0 aliphatic heterocycles. The Kier molecular flexibility index (Phi) is 10.4. The summed E-state index contributed by atoms with van der Waals surface area (Å²) in [6, 6.07) is 18.5. The largest absolute Gasteiger partial charge is 0.466 e. The van der Waals surface area contributed by atoms with Gasteiger partial charge in [0.05, 0.1) is 25.0 Å². The molecule has 4 N–H and O–H groups in total. The molecule has 36 heavy (non-hydrogen) atoms. The van der Waals surface area contributed by atoms with Crippen molar-refractivity contribution in [1.82, 2.24) is 10.6 Å². The number of carbonyl (C=O) groups is 2. The third-order valence-corrected chi connectivity index (χ3v) is 6.30. The fourth-order valence-corrected chi connectivity index (χ4v) is 4.80. The summed E-state index contributed by atoms with van der Waals surface area (Å²) in [5.41, 5.74) is 1.67. The average molecular weight is 529 g/mol. The first-order chi connectivity index (χ1) is 17.4. The van der Waals surface area contributed by atoms with Gasteiger partial charge in [-0.05, 0) is 75.4 Å². The van der Waals surface area contributed by atoms with E-state index in [9.17, 15) is 9.59 Å². The molecule has 192 valence electrons. The van der Waals surface area contributed by atoms with Crippen molar-refractivity contribution in [1.29, 1.82) is 0 Å². The Morgan fingerprint density at radius 2 is 1.08 bits per heavy atom. The molecule has 0 saturated heterocycles. The van der Waals surface area contributed by atoms with Gasteiger partial charge in [0.1, 0.15) is 0 Å². The molecular weight excluding hydrogens is 496 g/mol. The standard InChI is InChI=1S/C26H32N4O4S2/c1-3-33-23(31)19-15-21(29-25(35)27-17-11-7-5-8-12-17)22(16-20(19)24(32)34-4-2)30-26(36)28-18-13-9-6-10-14-18/h5-14,19-22H,3-4,15-16H2,1-2H3,(H2,27,29,35)(H2,28,30,36)/t19-,20-,21-,22-/m0/s1. The Hall–Kier alpha value is -3.24. The van der Waals surface area contributed by atoms with Gasteiger partial charge >= 0.3 is 11.9 Å². The molecule has 0 bridgehead atoms. The molecule has 0 aromatic heterocycles. The van der Waals surface area contributed by atoms with Gasteiger partial charge in [-0.25, -0.2) is 0 Å². The zero-order valence-corrected chi connectivity index (χ0v) is 22.0. The maximum atomic E-state index is 12.8. The second kappa shape index (κ2) is 13.7. The summed E-state index contributed by atoms with van der Waals surface area (Å²) in [6.07, 6.45) is 0.620. The summed E-state index contributed by atoms with van der Waals surface area (Å²) in [5, 5.41) is 13.8. The van der Waals surface area contributed by atoms with E-state index in [0.29, 0.717) is 23.1 Å². The number of hydrogen-bond donors (Lipinski definition) is 4. The predicted octanol–water partition coefficient (Wildman–Crippen LogP) is 3.85. The van der Waals surface area contributed by atoms with Gasteiger partial charge in [0.25, 0.3) is 0 Å². The fourth-order valence-electron chi connectivity index (χ4n) is 4.26. The fraction of sp³-hybridized carbons (Fsp3) is 0.385. The van der Waals surface area contributed by atoms with E-state index in [1.165, 1.54) is 0 Å². The van der Waals surface area contributed by atoms with Gasteiger partial charge in [-0.2, -0.15) is 0 Å². The molecule has 0 amide bonds. The average Bonchev–Trinajstić information content (AvgIpc) is 2.86. The normalized spacial score (nSPS) is 20.9. The highest BCUT2D eigenvalue weighted by molar-refractivity contribution is 7.80. The molecule has 0 heterocycles. The van der Waals surface area contributed by atoms with Crippen molar-refractivity contribution >= 4 is 58.0 Å². The molecule has 0 unspecified atom stereocenters. The summed E-state index contributed by atoms with van der Waals surface area (Å²) in [4.78, 5) is 25.7. The van der Waals surface area contributed by atoms with Crippen molar-refractivity contribution in [2.75, 3.05) is 23.8 Å². The van der Waals surface area contributed by atoms with Gasteiger partial charge in [0, 0.05) is 23.5 Å². The van der Waals surface area contributed by atoms with Crippen molar-refractivity contribution in [2.45, 2.75) is 38.8 Å². The molecule has 4 atom stereocenters. The molecule has 3 rings (SSSR count). The molecule has 1 fully saturated rings. The van der Waals surface area contributed by atoms with Crippen LogP contribution in [-0.4, -0.2) is 47.5 Å². The molecule has 0 spiro atoms. The van der Waals surface area contributed by atoms with E-state index < -0.39 is 23.8 Å². The number of hydrogen-bond acceptors (Lipinski definition) is 6. The first kappa shape index (κ1) is 27.3. The first-order valence-corrected chi connectivity index (χ1v) is 12.8. The van der Waals surface area contributed by atoms with Crippen molar-refractivity contribution in [3.8, 4) is 0 Å². The number of anilines is 2. The number of nitrogens with one attached hydrogen (secondary N) is 4. The molecule has 0 radical (unpaired) electrons. The molecule has 1 saturated carbocycles. The highest BCUT2D eigenvalue weighted by atomic mass is 32.1. The van der Waals surface area contributed by atoms with Crippen LogP contribution in [0, 0.1) is 11.8 Å². The summed E-state index contributed by atoms with van der Waals surface area (Å²) >= 11 is 11.1. The smallest absolute Gasteiger partial charge is 0.309 e. The highest BCUT2D eigenvalue weighted by Crippen LogP contribution is 2.33. The molecule has 1 aliphatic carbocycles. The number of rotatable bonds is 8. The molecule has 8 nitrogen and oxygen atoms in total. The van der Waals surface area contributed by atoms with Crippen LogP contribution in [0.2, 0.25) is 0 Å². The number of esters is 2. The number of thiocarbonyl (C=S) groups is 2. The Labute approximate surface area is 222 Å². The van der Waals surface area contributed by atoms with E-state index in [1.54, 1.807) is 13.8 Å². The topological polar surface area (TPSA) is 101 Å². The van der Waals surface area contributed by atoms with Gasteiger partial charge < -0.3 is 30.7 Å². The lowest BCUT2D eigenvalue weighted by Gasteiger charge is -2.40. The molecule has 1 aliphatic rings. The lowest BCUT2D eigenvalue weighted by atomic mass is 9.74. The molecular formula is C26H32N4O4S2. The Morgan fingerprint density at radius 3 is 1.42 bits per heavy atom. The van der Waals surface area contributed by atoms with Crippen LogP contribution >= 0.6 is 24.4 Å². The number of benzene rings is 2. The van der Waals surface area contributed by atoms with Gasteiger partial charge in [0.2, 0.25) is 0 Å². The van der Waals surface area contributed by atoms with Crippen molar-refractivity contribution in [3.05, 3.63) is 60.7 Å². The molecule has 10 heteroatoms. The molecule has 2 aromatic rings. The number of carbonyl (C=O) groups excluding carboxylic acids is 2. The summed E-state index contributed by atoms with van der Waals surface area (Å²) in [7, 11) is 0. The maximum absolute atomic E-state index is 12.8. The zero-order chi connectivity index (χ0) is 25.9. The lowest BCUT2D eigenvalue weighted by molar-refractivity contribution is -0.163. The lowest BCUT2D eigenvalue weighted by Crippen LogP contribution is -2.59. The third kappa shape index (κ3) is 7.89. The van der Waals surface area contributed by atoms with Crippen LogP contribution in [0.25, 0.3) is 0 Å².